The standard InChI is InChI=1S/C13H23N3O2/c14-11-5-3-1-2-4-10(11)13(18)16-9-6-7-12(17)15-8-9/h9-11H,1-8,14H2,(H,15,17)(H,16,18). The lowest BCUT2D eigenvalue weighted by atomic mass is 9.94. The van der Waals surface area contributed by atoms with Crippen LogP contribution in [0.15, 0.2) is 0 Å². The molecule has 0 aromatic rings. The molecule has 1 heterocycles. The summed E-state index contributed by atoms with van der Waals surface area (Å²) in [6.45, 7) is 0.548. The monoisotopic (exact) mass is 253 g/mol. The van der Waals surface area contributed by atoms with E-state index in [-0.39, 0.29) is 29.8 Å². The summed E-state index contributed by atoms with van der Waals surface area (Å²) < 4.78 is 0. The second-order valence-corrected chi connectivity index (χ2v) is 5.46. The van der Waals surface area contributed by atoms with Crippen LogP contribution in [-0.2, 0) is 9.59 Å². The van der Waals surface area contributed by atoms with Crippen molar-refractivity contribution in [3.63, 3.8) is 0 Å². The van der Waals surface area contributed by atoms with Crippen LogP contribution in [0.2, 0.25) is 0 Å². The molecule has 3 atom stereocenters. The number of rotatable bonds is 2. The Morgan fingerprint density at radius 1 is 1.22 bits per heavy atom. The van der Waals surface area contributed by atoms with Gasteiger partial charge in [-0.15, -0.1) is 0 Å². The minimum Gasteiger partial charge on any atom is -0.354 e. The van der Waals surface area contributed by atoms with Gasteiger partial charge in [-0.25, -0.2) is 0 Å². The summed E-state index contributed by atoms with van der Waals surface area (Å²) in [6, 6.07) is 0.0661. The summed E-state index contributed by atoms with van der Waals surface area (Å²) in [5, 5.41) is 5.81. The quantitative estimate of drug-likeness (QED) is 0.618. The molecule has 0 radical (unpaired) electrons. The maximum absolute atomic E-state index is 12.2. The first-order chi connectivity index (χ1) is 8.66. The Bertz CT molecular complexity index is 309. The average Bonchev–Trinajstić information content (AvgIpc) is 2.57. The number of piperidine rings is 1. The lowest BCUT2D eigenvalue weighted by Crippen LogP contribution is -2.51. The van der Waals surface area contributed by atoms with Gasteiger partial charge in [0.25, 0.3) is 0 Å². The largest absolute Gasteiger partial charge is 0.354 e. The molecule has 4 N–H and O–H groups in total. The van der Waals surface area contributed by atoms with E-state index in [9.17, 15) is 9.59 Å². The fraction of sp³-hybridized carbons (Fsp3) is 0.846. The molecule has 2 fully saturated rings. The topological polar surface area (TPSA) is 84.2 Å². The molecule has 5 heteroatoms. The summed E-state index contributed by atoms with van der Waals surface area (Å²) >= 11 is 0. The Kier molecular flexibility index (Phi) is 4.58. The Labute approximate surface area is 108 Å². The molecular weight excluding hydrogens is 230 g/mol. The van der Waals surface area contributed by atoms with E-state index in [1.165, 1.54) is 6.42 Å². The molecule has 18 heavy (non-hydrogen) atoms. The first-order valence-electron chi connectivity index (χ1n) is 6.99. The molecule has 2 rings (SSSR count). The van der Waals surface area contributed by atoms with E-state index in [0.717, 1.165) is 32.1 Å². The van der Waals surface area contributed by atoms with Crippen molar-refractivity contribution >= 4 is 11.8 Å². The molecule has 0 aromatic carbocycles. The predicted octanol–water partition coefficient (Wildman–Crippen LogP) is 0.289. The van der Waals surface area contributed by atoms with Crippen molar-refractivity contribution in [3.05, 3.63) is 0 Å². The highest BCUT2D eigenvalue weighted by atomic mass is 16.2. The van der Waals surface area contributed by atoms with Crippen LogP contribution in [0.4, 0.5) is 0 Å². The average molecular weight is 253 g/mol. The van der Waals surface area contributed by atoms with Gasteiger partial charge in [0.15, 0.2) is 0 Å². The molecule has 5 nitrogen and oxygen atoms in total. The molecule has 102 valence electrons. The van der Waals surface area contributed by atoms with Gasteiger partial charge in [0.1, 0.15) is 0 Å². The Morgan fingerprint density at radius 2 is 2.00 bits per heavy atom. The lowest BCUT2D eigenvalue weighted by molar-refractivity contribution is -0.128. The van der Waals surface area contributed by atoms with Crippen molar-refractivity contribution in [3.8, 4) is 0 Å². The van der Waals surface area contributed by atoms with Crippen molar-refractivity contribution in [2.24, 2.45) is 11.7 Å². The van der Waals surface area contributed by atoms with Gasteiger partial charge in [0, 0.05) is 25.0 Å². The molecule has 0 bridgehead atoms. The van der Waals surface area contributed by atoms with E-state index < -0.39 is 0 Å². The number of hydrogen-bond donors (Lipinski definition) is 3. The number of carbonyl (C=O) groups is 2. The molecule has 2 aliphatic rings. The summed E-state index contributed by atoms with van der Waals surface area (Å²) in [6.07, 6.45) is 6.47. The SMILES string of the molecule is NC1CCCCCC1C(=O)NC1CCC(=O)NC1. The summed E-state index contributed by atoms with van der Waals surface area (Å²) in [7, 11) is 0. The third-order valence-corrected chi connectivity index (χ3v) is 4.02. The molecule has 3 unspecified atom stereocenters. The maximum Gasteiger partial charge on any atom is 0.224 e. The Hall–Kier alpha value is -1.10. The van der Waals surface area contributed by atoms with Gasteiger partial charge in [0.2, 0.25) is 11.8 Å². The van der Waals surface area contributed by atoms with Crippen molar-refractivity contribution in [1.29, 1.82) is 0 Å². The predicted molar refractivity (Wildman–Crippen MR) is 68.7 cm³/mol. The van der Waals surface area contributed by atoms with Crippen LogP contribution in [0.3, 0.4) is 0 Å². The van der Waals surface area contributed by atoms with E-state index in [0.29, 0.717) is 13.0 Å². The van der Waals surface area contributed by atoms with E-state index in [2.05, 4.69) is 10.6 Å². The molecule has 1 aliphatic heterocycles. The lowest BCUT2D eigenvalue weighted by Gasteiger charge is -2.27. The van der Waals surface area contributed by atoms with Crippen LogP contribution in [-0.4, -0.2) is 30.4 Å². The number of nitrogens with two attached hydrogens (primary N) is 1. The molecule has 2 amide bonds. The van der Waals surface area contributed by atoms with Gasteiger partial charge in [-0.05, 0) is 19.3 Å². The molecule has 1 saturated heterocycles. The number of amides is 2. The maximum atomic E-state index is 12.2. The third kappa shape index (κ3) is 3.45. The second-order valence-electron chi connectivity index (χ2n) is 5.46. The van der Waals surface area contributed by atoms with Crippen LogP contribution in [0, 0.1) is 5.92 Å². The summed E-state index contributed by atoms with van der Waals surface area (Å²) in [5.41, 5.74) is 6.08. The van der Waals surface area contributed by atoms with Gasteiger partial charge < -0.3 is 16.4 Å². The van der Waals surface area contributed by atoms with Crippen molar-refractivity contribution in [2.45, 2.75) is 57.0 Å². The normalized spacial score (nSPS) is 33.4. The highest BCUT2D eigenvalue weighted by Crippen LogP contribution is 2.22. The van der Waals surface area contributed by atoms with Crippen molar-refractivity contribution < 1.29 is 9.59 Å². The van der Waals surface area contributed by atoms with Gasteiger partial charge in [-0.1, -0.05) is 19.3 Å². The van der Waals surface area contributed by atoms with Gasteiger partial charge in [0.05, 0.1) is 5.92 Å². The minimum atomic E-state index is -0.0508. The number of nitrogens with one attached hydrogen (secondary N) is 2. The van der Waals surface area contributed by atoms with Crippen molar-refractivity contribution in [2.75, 3.05) is 6.54 Å². The molecular formula is C13H23N3O2. The highest BCUT2D eigenvalue weighted by molar-refractivity contribution is 5.81. The third-order valence-electron chi connectivity index (χ3n) is 4.02. The van der Waals surface area contributed by atoms with Crippen molar-refractivity contribution in [1.82, 2.24) is 10.6 Å². The van der Waals surface area contributed by atoms with Gasteiger partial charge in [-0.2, -0.15) is 0 Å². The van der Waals surface area contributed by atoms with Gasteiger partial charge in [-0.3, -0.25) is 9.59 Å². The first kappa shape index (κ1) is 13.3. The van der Waals surface area contributed by atoms with E-state index in [1.54, 1.807) is 0 Å². The highest BCUT2D eigenvalue weighted by Gasteiger charge is 2.29. The van der Waals surface area contributed by atoms with Crippen LogP contribution >= 0.6 is 0 Å². The Balaban J connectivity index is 1.84. The Morgan fingerprint density at radius 3 is 2.72 bits per heavy atom. The molecule has 0 spiro atoms. The zero-order chi connectivity index (χ0) is 13.0. The second kappa shape index (κ2) is 6.18. The van der Waals surface area contributed by atoms with Crippen LogP contribution in [0.5, 0.6) is 0 Å². The minimum absolute atomic E-state index is 0.00863. The van der Waals surface area contributed by atoms with E-state index in [1.807, 2.05) is 0 Å². The zero-order valence-electron chi connectivity index (χ0n) is 10.8. The molecule has 1 aliphatic carbocycles. The van der Waals surface area contributed by atoms with E-state index in [4.69, 9.17) is 5.73 Å². The molecule has 0 aromatic heterocycles. The zero-order valence-corrected chi connectivity index (χ0v) is 10.8. The fourth-order valence-corrected chi connectivity index (χ4v) is 2.83. The first-order valence-corrected chi connectivity index (χ1v) is 6.99. The van der Waals surface area contributed by atoms with Crippen LogP contribution < -0.4 is 16.4 Å². The van der Waals surface area contributed by atoms with E-state index >= 15 is 0 Å². The smallest absolute Gasteiger partial charge is 0.224 e. The van der Waals surface area contributed by atoms with Crippen LogP contribution in [0.1, 0.15) is 44.9 Å². The van der Waals surface area contributed by atoms with Gasteiger partial charge >= 0.3 is 0 Å². The fourth-order valence-electron chi connectivity index (χ4n) is 2.83. The summed E-state index contributed by atoms with van der Waals surface area (Å²) in [4.78, 5) is 23.3. The number of carbonyl (C=O) groups excluding carboxylic acids is 2. The van der Waals surface area contributed by atoms with Crippen LogP contribution in [0.25, 0.3) is 0 Å². The molecule has 1 saturated carbocycles. The number of hydrogen-bond acceptors (Lipinski definition) is 3. The summed E-state index contributed by atoms with van der Waals surface area (Å²) in [5.74, 6) is 0.0994.